The fourth-order valence-corrected chi connectivity index (χ4v) is 3.74. The molecular weight excluding hydrogens is 438 g/mol. The molecule has 0 aliphatic carbocycles. The first-order valence-electron chi connectivity index (χ1n) is 9.70. The zero-order valence-corrected chi connectivity index (χ0v) is 18.2. The predicted molar refractivity (Wildman–Crippen MR) is 120 cm³/mol. The third kappa shape index (κ3) is 4.70. The molecule has 1 N–H and O–H groups in total. The molecule has 0 unspecified atom stereocenters. The summed E-state index contributed by atoms with van der Waals surface area (Å²) >= 11 is 12.4. The van der Waals surface area contributed by atoms with E-state index in [-0.39, 0.29) is 11.7 Å². The van der Waals surface area contributed by atoms with Crippen LogP contribution in [-0.2, 0) is 17.8 Å². The maximum atomic E-state index is 13.3. The van der Waals surface area contributed by atoms with Gasteiger partial charge in [-0.05, 0) is 48.9 Å². The molecule has 2 aromatic heterocycles. The first-order valence-corrected chi connectivity index (χ1v) is 10.5. The number of carbonyl (C=O) groups is 1. The van der Waals surface area contributed by atoms with E-state index in [2.05, 4.69) is 15.3 Å². The quantitative estimate of drug-likeness (QED) is 0.425. The molecular formula is C23H19Cl2FN4O. The SMILES string of the molecule is C[C@H](C(=O)NCc1ccccn1)n1c(Cc2ccc(F)cc2)nc2cc(Cl)c(Cl)cc21. The highest BCUT2D eigenvalue weighted by atomic mass is 35.5. The molecule has 31 heavy (non-hydrogen) atoms. The van der Waals surface area contributed by atoms with Gasteiger partial charge in [-0.1, -0.05) is 41.4 Å². The number of halogens is 3. The van der Waals surface area contributed by atoms with Crippen LogP contribution in [-0.4, -0.2) is 20.4 Å². The smallest absolute Gasteiger partial charge is 0.243 e. The van der Waals surface area contributed by atoms with E-state index in [0.717, 1.165) is 11.3 Å². The number of fused-ring (bicyclic) bond motifs is 1. The predicted octanol–water partition coefficient (Wildman–Crippen LogP) is 5.35. The van der Waals surface area contributed by atoms with E-state index >= 15 is 0 Å². The lowest BCUT2D eigenvalue weighted by Gasteiger charge is -2.18. The van der Waals surface area contributed by atoms with Gasteiger partial charge in [0.05, 0.1) is 33.3 Å². The van der Waals surface area contributed by atoms with Gasteiger partial charge in [0.25, 0.3) is 0 Å². The van der Waals surface area contributed by atoms with Crippen LogP contribution in [0.1, 0.15) is 30.0 Å². The van der Waals surface area contributed by atoms with Gasteiger partial charge in [-0.2, -0.15) is 0 Å². The lowest BCUT2D eigenvalue weighted by atomic mass is 10.1. The lowest BCUT2D eigenvalue weighted by Crippen LogP contribution is -2.31. The molecule has 0 radical (unpaired) electrons. The van der Waals surface area contributed by atoms with E-state index < -0.39 is 6.04 Å². The maximum Gasteiger partial charge on any atom is 0.243 e. The first kappa shape index (κ1) is 21.3. The summed E-state index contributed by atoms with van der Waals surface area (Å²) in [5, 5.41) is 3.69. The second-order valence-corrected chi connectivity index (χ2v) is 7.99. The van der Waals surface area contributed by atoms with E-state index in [1.807, 2.05) is 22.8 Å². The molecule has 0 aliphatic rings. The molecule has 158 valence electrons. The second kappa shape index (κ2) is 9.04. The Labute approximate surface area is 188 Å². The van der Waals surface area contributed by atoms with Crippen LogP contribution in [0.3, 0.4) is 0 Å². The number of hydrogen-bond acceptors (Lipinski definition) is 3. The summed E-state index contributed by atoms with van der Waals surface area (Å²) in [5.74, 6) is 0.162. The largest absolute Gasteiger partial charge is 0.349 e. The minimum atomic E-state index is -0.568. The van der Waals surface area contributed by atoms with Gasteiger partial charge in [0.2, 0.25) is 5.91 Å². The van der Waals surface area contributed by atoms with Crippen molar-refractivity contribution < 1.29 is 9.18 Å². The van der Waals surface area contributed by atoms with Crippen LogP contribution in [0.25, 0.3) is 11.0 Å². The Morgan fingerprint density at radius 1 is 1.13 bits per heavy atom. The standard InChI is InChI=1S/C23H19Cl2FN4O/c1-14(23(31)28-13-17-4-2-3-9-27-17)30-21-12-19(25)18(24)11-20(21)29-22(30)10-15-5-7-16(26)8-6-15/h2-9,11-12,14H,10,13H2,1H3,(H,28,31)/t14-/m1/s1. The summed E-state index contributed by atoms with van der Waals surface area (Å²) in [6.07, 6.45) is 2.10. The Bertz CT molecular complexity index is 1230. The van der Waals surface area contributed by atoms with Gasteiger partial charge in [-0.15, -0.1) is 0 Å². The number of nitrogens with one attached hydrogen (secondary N) is 1. The highest BCUT2D eigenvalue weighted by molar-refractivity contribution is 6.42. The van der Waals surface area contributed by atoms with Crippen LogP contribution in [0, 0.1) is 5.82 Å². The minimum Gasteiger partial charge on any atom is -0.349 e. The molecule has 0 spiro atoms. The van der Waals surface area contributed by atoms with Gasteiger partial charge in [0, 0.05) is 12.6 Å². The van der Waals surface area contributed by atoms with Crippen LogP contribution < -0.4 is 5.32 Å². The molecule has 0 fully saturated rings. The molecule has 8 heteroatoms. The summed E-state index contributed by atoms with van der Waals surface area (Å²) in [6.45, 7) is 2.11. The first-order chi connectivity index (χ1) is 14.9. The molecule has 4 aromatic rings. The van der Waals surface area contributed by atoms with Gasteiger partial charge in [-0.25, -0.2) is 9.37 Å². The van der Waals surface area contributed by atoms with E-state index in [1.165, 1.54) is 12.1 Å². The van der Waals surface area contributed by atoms with Crippen molar-refractivity contribution in [3.05, 3.63) is 93.7 Å². The molecule has 1 atom stereocenters. The van der Waals surface area contributed by atoms with Gasteiger partial charge in [-0.3, -0.25) is 9.78 Å². The summed E-state index contributed by atoms with van der Waals surface area (Å²) in [4.78, 5) is 21.9. The van der Waals surface area contributed by atoms with E-state index in [9.17, 15) is 9.18 Å². The van der Waals surface area contributed by atoms with E-state index in [4.69, 9.17) is 23.2 Å². The van der Waals surface area contributed by atoms with Gasteiger partial charge in [0.15, 0.2) is 0 Å². The number of benzene rings is 2. The van der Waals surface area contributed by atoms with Crippen LogP contribution in [0.4, 0.5) is 4.39 Å². The Kier molecular flexibility index (Phi) is 6.20. The van der Waals surface area contributed by atoms with Crippen molar-refractivity contribution in [3.8, 4) is 0 Å². The monoisotopic (exact) mass is 456 g/mol. The molecule has 0 aliphatic heterocycles. The Hall–Kier alpha value is -2.96. The molecule has 4 rings (SSSR count). The summed E-state index contributed by atoms with van der Waals surface area (Å²) in [5.41, 5.74) is 2.97. The number of nitrogens with zero attached hydrogens (tertiary/aromatic N) is 3. The van der Waals surface area contributed by atoms with Gasteiger partial charge >= 0.3 is 0 Å². The summed E-state index contributed by atoms with van der Waals surface area (Å²) in [7, 11) is 0. The molecule has 1 amide bonds. The highest BCUT2D eigenvalue weighted by Gasteiger charge is 2.22. The Morgan fingerprint density at radius 2 is 1.87 bits per heavy atom. The summed E-state index contributed by atoms with van der Waals surface area (Å²) in [6, 6.07) is 14.6. The zero-order chi connectivity index (χ0) is 22.0. The Morgan fingerprint density at radius 3 is 2.58 bits per heavy atom. The topological polar surface area (TPSA) is 59.8 Å². The zero-order valence-electron chi connectivity index (χ0n) is 16.6. The maximum absolute atomic E-state index is 13.3. The van der Waals surface area contributed by atoms with Crippen molar-refractivity contribution in [1.82, 2.24) is 19.9 Å². The number of aromatic nitrogens is 3. The number of pyridine rings is 1. The molecule has 2 heterocycles. The van der Waals surface area contributed by atoms with Crippen molar-refractivity contribution >= 4 is 40.1 Å². The van der Waals surface area contributed by atoms with Gasteiger partial charge in [0.1, 0.15) is 17.7 Å². The summed E-state index contributed by atoms with van der Waals surface area (Å²) < 4.78 is 15.2. The van der Waals surface area contributed by atoms with E-state index in [0.29, 0.717) is 39.9 Å². The van der Waals surface area contributed by atoms with Crippen molar-refractivity contribution in [3.63, 3.8) is 0 Å². The van der Waals surface area contributed by atoms with Crippen molar-refractivity contribution in [2.24, 2.45) is 0 Å². The van der Waals surface area contributed by atoms with Crippen LogP contribution in [0.15, 0.2) is 60.8 Å². The average Bonchev–Trinajstić information content (AvgIpc) is 3.10. The van der Waals surface area contributed by atoms with E-state index in [1.54, 1.807) is 37.4 Å². The van der Waals surface area contributed by atoms with Crippen LogP contribution in [0.5, 0.6) is 0 Å². The third-order valence-corrected chi connectivity index (χ3v) is 5.74. The van der Waals surface area contributed by atoms with Crippen molar-refractivity contribution in [1.29, 1.82) is 0 Å². The molecule has 0 bridgehead atoms. The molecule has 5 nitrogen and oxygen atoms in total. The van der Waals surface area contributed by atoms with Gasteiger partial charge < -0.3 is 9.88 Å². The minimum absolute atomic E-state index is 0.184. The fourth-order valence-electron chi connectivity index (χ4n) is 3.43. The molecule has 0 saturated heterocycles. The van der Waals surface area contributed by atoms with Crippen molar-refractivity contribution in [2.75, 3.05) is 0 Å². The fraction of sp³-hybridized carbons (Fsp3) is 0.174. The molecule has 0 saturated carbocycles. The van der Waals surface area contributed by atoms with Crippen molar-refractivity contribution in [2.45, 2.75) is 25.9 Å². The van der Waals surface area contributed by atoms with Crippen LogP contribution >= 0.6 is 23.2 Å². The highest BCUT2D eigenvalue weighted by Crippen LogP contribution is 2.31. The lowest BCUT2D eigenvalue weighted by molar-refractivity contribution is -0.124. The number of hydrogen-bond donors (Lipinski definition) is 1. The third-order valence-electron chi connectivity index (χ3n) is 5.02. The molecule has 2 aromatic carbocycles. The van der Waals surface area contributed by atoms with Crippen LogP contribution in [0.2, 0.25) is 10.0 Å². The normalized spacial score (nSPS) is 12.1. The second-order valence-electron chi connectivity index (χ2n) is 7.17. The number of imidazole rings is 1. The Balaban J connectivity index is 1.68. The average molecular weight is 457 g/mol. The number of rotatable bonds is 6. The number of amides is 1. The number of carbonyl (C=O) groups excluding carboxylic acids is 1.